The molecule has 0 bridgehead atoms. The Labute approximate surface area is 239 Å². The number of nitrogens with one attached hydrogen (secondary N) is 2. The molecule has 2 aromatic heterocycles. The zero-order valence-corrected chi connectivity index (χ0v) is 23.7. The van der Waals surface area contributed by atoms with Crippen molar-refractivity contribution in [2.75, 3.05) is 50.0 Å². The summed E-state index contributed by atoms with van der Waals surface area (Å²) in [5, 5.41) is 6.94. The van der Waals surface area contributed by atoms with E-state index in [4.69, 9.17) is 21.7 Å². The number of ether oxygens (including phenoxy) is 2. The number of methoxy groups -OCH3 is 2. The predicted molar refractivity (Wildman–Crippen MR) is 162 cm³/mol. The van der Waals surface area contributed by atoms with E-state index in [1.807, 2.05) is 56.6 Å². The SMILES string of the molecule is COCC(=O)Nc1cc(N2C(=S)N[C@@H](c3ccccn3)[C@@H]2c2cccn2-c2ccc(N(C)C)cc2)ccc1OC. The van der Waals surface area contributed by atoms with E-state index < -0.39 is 0 Å². The third-order valence-electron chi connectivity index (χ3n) is 6.84. The summed E-state index contributed by atoms with van der Waals surface area (Å²) in [6, 6.07) is 23.6. The van der Waals surface area contributed by atoms with Gasteiger partial charge in [-0.1, -0.05) is 6.07 Å². The highest BCUT2D eigenvalue weighted by Gasteiger charge is 2.42. The third-order valence-corrected chi connectivity index (χ3v) is 7.15. The van der Waals surface area contributed by atoms with Gasteiger partial charge in [0.25, 0.3) is 0 Å². The number of thiocarbonyl (C=S) groups is 1. The van der Waals surface area contributed by atoms with Crippen LogP contribution in [-0.4, -0.2) is 55.5 Å². The number of hydrogen-bond acceptors (Lipinski definition) is 6. The molecule has 1 aliphatic heterocycles. The van der Waals surface area contributed by atoms with E-state index in [-0.39, 0.29) is 24.6 Å². The van der Waals surface area contributed by atoms with E-state index in [1.54, 1.807) is 13.3 Å². The molecule has 2 N–H and O–H groups in total. The molecule has 4 aromatic rings. The zero-order chi connectivity index (χ0) is 28.2. The van der Waals surface area contributed by atoms with Crippen LogP contribution in [0.2, 0.25) is 0 Å². The summed E-state index contributed by atoms with van der Waals surface area (Å²) in [4.78, 5) is 21.2. The first-order chi connectivity index (χ1) is 19.4. The number of anilines is 3. The van der Waals surface area contributed by atoms with Crippen LogP contribution in [0.5, 0.6) is 5.75 Å². The maximum Gasteiger partial charge on any atom is 0.250 e. The first-order valence-electron chi connectivity index (χ1n) is 12.8. The number of hydrogen-bond donors (Lipinski definition) is 2. The molecule has 9 nitrogen and oxygen atoms in total. The van der Waals surface area contributed by atoms with Gasteiger partial charge in [-0.15, -0.1) is 0 Å². The van der Waals surface area contributed by atoms with E-state index in [1.165, 1.54) is 7.11 Å². The van der Waals surface area contributed by atoms with Gasteiger partial charge in [0, 0.05) is 56.4 Å². The van der Waals surface area contributed by atoms with Crippen molar-refractivity contribution in [3.63, 3.8) is 0 Å². The van der Waals surface area contributed by atoms with E-state index >= 15 is 0 Å². The molecule has 0 radical (unpaired) electrons. The summed E-state index contributed by atoms with van der Waals surface area (Å²) in [5.41, 5.74) is 5.38. The van der Waals surface area contributed by atoms with Crippen molar-refractivity contribution < 1.29 is 14.3 Å². The lowest BCUT2D eigenvalue weighted by Gasteiger charge is -2.29. The molecule has 5 rings (SSSR count). The van der Waals surface area contributed by atoms with Gasteiger partial charge in [0.2, 0.25) is 5.91 Å². The third kappa shape index (κ3) is 5.36. The van der Waals surface area contributed by atoms with Gasteiger partial charge in [-0.05, 0) is 78.9 Å². The molecule has 3 heterocycles. The average Bonchev–Trinajstić information content (AvgIpc) is 3.58. The van der Waals surface area contributed by atoms with Crippen molar-refractivity contribution >= 4 is 40.3 Å². The van der Waals surface area contributed by atoms with Crippen molar-refractivity contribution in [2.45, 2.75) is 12.1 Å². The van der Waals surface area contributed by atoms with Crippen LogP contribution in [0.4, 0.5) is 17.1 Å². The molecule has 40 heavy (non-hydrogen) atoms. The van der Waals surface area contributed by atoms with Gasteiger partial charge in [-0.3, -0.25) is 9.78 Å². The topological polar surface area (TPSA) is 83.9 Å². The molecule has 1 saturated heterocycles. The molecular weight excluding hydrogens is 524 g/mol. The smallest absolute Gasteiger partial charge is 0.250 e. The molecule has 206 valence electrons. The van der Waals surface area contributed by atoms with Crippen molar-refractivity contribution in [1.82, 2.24) is 14.9 Å². The van der Waals surface area contributed by atoms with Crippen molar-refractivity contribution in [2.24, 2.45) is 0 Å². The number of amides is 1. The minimum Gasteiger partial charge on any atom is -0.495 e. The molecule has 0 unspecified atom stereocenters. The summed E-state index contributed by atoms with van der Waals surface area (Å²) >= 11 is 5.92. The quantitative estimate of drug-likeness (QED) is 0.287. The Kier molecular flexibility index (Phi) is 7.99. The number of pyridine rings is 1. The largest absolute Gasteiger partial charge is 0.495 e. The molecule has 1 fully saturated rings. The molecule has 0 spiro atoms. The lowest BCUT2D eigenvalue weighted by atomic mass is 10.0. The monoisotopic (exact) mass is 556 g/mol. The highest BCUT2D eigenvalue weighted by Crippen LogP contribution is 2.43. The number of rotatable bonds is 9. The van der Waals surface area contributed by atoms with Gasteiger partial charge in [0.05, 0.1) is 24.5 Å². The molecule has 1 aliphatic rings. The Bertz CT molecular complexity index is 1490. The Morgan fingerprint density at radius 1 is 1.05 bits per heavy atom. The van der Waals surface area contributed by atoms with Crippen molar-refractivity contribution in [3.05, 3.63) is 96.6 Å². The first kappa shape index (κ1) is 27.2. The molecule has 10 heteroatoms. The van der Waals surface area contributed by atoms with E-state index in [0.29, 0.717) is 16.5 Å². The van der Waals surface area contributed by atoms with Crippen LogP contribution in [-0.2, 0) is 9.53 Å². The Morgan fingerprint density at radius 3 is 2.50 bits per heavy atom. The zero-order valence-electron chi connectivity index (χ0n) is 22.9. The lowest BCUT2D eigenvalue weighted by molar-refractivity contribution is -0.119. The molecule has 2 aromatic carbocycles. The molecule has 2 atom stereocenters. The van der Waals surface area contributed by atoms with Crippen LogP contribution in [0.3, 0.4) is 0 Å². The van der Waals surface area contributed by atoms with Crippen molar-refractivity contribution in [3.8, 4) is 11.4 Å². The summed E-state index contributed by atoms with van der Waals surface area (Å²) in [7, 11) is 7.10. The van der Waals surface area contributed by atoms with Gasteiger partial charge in [-0.25, -0.2) is 0 Å². The van der Waals surface area contributed by atoms with Gasteiger partial charge in [0.15, 0.2) is 5.11 Å². The number of carbonyl (C=O) groups excluding carboxylic acids is 1. The highest BCUT2D eigenvalue weighted by atomic mass is 32.1. The van der Waals surface area contributed by atoms with Crippen LogP contribution >= 0.6 is 12.2 Å². The van der Waals surface area contributed by atoms with Crippen LogP contribution in [0.25, 0.3) is 5.69 Å². The van der Waals surface area contributed by atoms with Crippen LogP contribution in [0.1, 0.15) is 23.5 Å². The summed E-state index contributed by atoms with van der Waals surface area (Å²) < 4.78 is 12.7. The van der Waals surface area contributed by atoms with Crippen LogP contribution in [0, 0.1) is 0 Å². The van der Waals surface area contributed by atoms with Gasteiger partial charge >= 0.3 is 0 Å². The minimum absolute atomic E-state index is 0.0679. The van der Waals surface area contributed by atoms with Gasteiger partial charge in [-0.2, -0.15) is 0 Å². The number of carbonyl (C=O) groups is 1. The average molecular weight is 557 g/mol. The van der Waals surface area contributed by atoms with Crippen LogP contribution in [0.15, 0.2) is 85.2 Å². The molecule has 0 saturated carbocycles. The van der Waals surface area contributed by atoms with Gasteiger partial charge in [0.1, 0.15) is 18.4 Å². The second-order valence-corrected chi connectivity index (χ2v) is 9.96. The number of aromatic nitrogens is 2. The summed E-state index contributed by atoms with van der Waals surface area (Å²) in [5.74, 6) is 0.256. The van der Waals surface area contributed by atoms with Gasteiger partial charge < -0.3 is 34.5 Å². The Hall–Kier alpha value is -4.41. The number of nitrogens with zero attached hydrogens (tertiary/aromatic N) is 4. The fourth-order valence-corrected chi connectivity index (χ4v) is 5.32. The second kappa shape index (κ2) is 11.8. The van der Waals surface area contributed by atoms with E-state index in [9.17, 15) is 4.79 Å². The van der Waals surface area contributed by atoms with Crippen molar-refractivity contribution in [1.29, 1.82) is 0 Å². The maximum absolute atomic E-state index is 12.4. The Balaban J connectivity index is 1.61. The minimum atomic E-state index is -0.280. The fraction of sp³-hybridized carbons (Fsp3) is 0.233. The lowest BCUT2D eigenvalue weighted by Crippen LogP contribution is -2.30. The normalized spacial score (nSPS) is 16.5. The standard InChI is InChI=1S/C30H32N6O3S/c1-34(2)20-10-12-21(13-11-20)35-17-7-9-25(35)29-28(23-8-5-6-16-31-23)33-30(40)36(29)22-14-15-26(39-4)24(18-22)32-27(37)19-38-3/h5-18,28-29H,19H2,1-4H3,(H,32,37)(H,33,40)/t28-,29-/m0/s1. The Morgan fingerprint density at radius 2 is 1.82 bits per heavy atom. The summed E-state index contributed by atoms with van der Waals surface area (Å²) in [6.07, 6.45) is 3.84. The fourth-order valence-electron chi connectivity index (χ4n) is 4.98. The maximum atomic E-state index is 12.4. The van der Waals surface area contributed by atoms with Crippen LogP contribution < -0.4 is 25.2 Å². The number of benzene rings is 2. The molecular formula is C30H32N6O3S. The first-order valence-corrected chi connectivity index (χ1v) is 13.2. The summed E-state index contributed by atoms with van der Waals surface area (Å²) in [6.45, 7) is -0.0679. The van der Waals surface area contributed by atoms with E-state index in [0.717, 1.165) is 28.5 Å². The predicted octanol–water partition coefficient (Wildman–Crippen LogP) is 4.71. The van der Waals surface area contributed by atoms with E-state index in [2.05, 4.69) is 66.5 Å². The second-order valence-electron chi connectivity index (χ2n) is 9.58. The molecule has 1 amide bonds. The highest BCUT2D eigenvalue weighted by molar-refractivity contribution is 7.80. The molecule has 0 aliphatic carbocycles.